The van der Waals surface area contributed by atoms with Crippen LogP contribution in [0.15, 0.2) is 48.2 Å². The molecule has 172 valence electrons. The molecule has 1 fully saturated rings. The molecule has 1 heterocycles. The average Bonchev–Trinajstić information content (AvgIpc) is 3.03. The van der Waals surface area contributed by atoms with Crippen LogP contribution in [0.3, 0.4) is 0 Å². The molecule has 2 aromatic rings. The van der Waals surface area contributed by atoms with E-state index in [0.717, 1.165) is 6.07 Å². The summed E-state index contributed by atoms with van der Waals surface area (Å²) in [6.45, 7) is 0.751. The smallest absolute Gasteiger partial charge is 0.344 e. The Labute approximate surface area is 187 Å². The average molecular weight is 457 g/mol. The minimum absolute atomic E-state index is 0.0723. The topological polar surface area (TPSA) is 134 Å². The van der Waals surface area contributed by atoms with Gasteiger partial charge in [0.05, 0.1) is 12.8 Å². The molecule has 0 unspecified atom stereocenters. The predicted octanol–water partition coefficient (Wildman–Crippen LogP) is 2.22. The molecule has 0 radical (unpaired) electrons. The number of amides is 4. The maximum atomic E-state index is 13.7. The third-order valence-electron chi connectivity index (χ3n) is 4.56. The molecule has 2 aromatic carbocycles. The van der Waals surface area contributed by atoms with Crippen LogP contribution in [0.4, 0.5) is 14.9 Å². The molecule has 0 aromatic heterocycles. The number of rotatable bonds is 8. The largest absolute Gasteiger partial charge is 0.493 e. The first-order valence-corrected chi connectivity index (χ1v) is 9.66. The Kier molecular flexibility index (Phi) is 6.91. The van der Waals surface area contributed by atoms with Crippen molar-refractivity contribution in [1.82, 2.24) is 10.2 Å². The van der Waals surface area contributed by atoms with E-state index in [-0.39, 0.29) is 22.9 Å². The molecular formula is C22H20FN3O7. The summed E-state index contributed by atoms with van der Waals surface area (Å²) in [5, 5.41) is 13.7. The number of halogens is 1. The third kappa shape index (κ3) is 5.45. The molecule has 1 atom stereocenters. The highest BCUT2D eigenvalue weighted by atomic mass is 19.1. The lowest BCUT2D eigenvalue weighted by atomic mass is 10.1. The van der Waals surface area contributed by atoms with Crippen LogP contribution in [0.1, 0.15) is 12.5 Å². The van der Waals surface area contributed by atoms with Gasteiger partial charge < -0.3 is 25.2 Å². The normalized spacial score (nSPS) is 15.2. The van der Waals surface area contributed by atoms with Crippen LogP contribution in [-0.4, -0.2) is 53.6 Å². The number of para-hydroxylation sites is 1. The molecule has 33 heavy (non-hydrogen) atoms. The molecule has 4 amide bonds. The monoisotopic (exact) mass is 457 g/mol. The van der Waals surface area contributed by atoms with Crippen LogP contribution in [0, 0.1) is 5.82 Å². The molecule has 1 aliphatic heterocycles. The van der Waals surface area contributed by atoms with Crippen LogP contribution in [0.25, 0.3) is 6.08 Å². The summed E-state index contributed by atoms with van der Waals surface area (Å²) in [5.74, 6) is -2.90. The zero-order valence-corrected chi connectivity index (χ0v) is 17.6. The van der Waals surface area contributed by atoms with E-state index in [2.05, 4.69) is 10.6 Å². The van der Waals surface area contributed by atoms with E-state index in [1.54, 1.807) is 0 Å². The highest BCUT2D eigenvalue weighted by Crippen LogP contribution is 2.30. The van der Waals surface area contributed by atoms with Gasteiger partial charge in [-0.1, -0.05) is 18.2 Å². The number of imide groups is 1. The van der Waals surface area contributed by atoms with E-state index in [4.69, 9.17) is 14.6 Å². The lowest BCUT2D eigenvalue weighted by Gasteiger charge is -2.14. The number of carbonyl (C=O) groups excluding carboxylic acids is 3. The van der Waals surface area contributed by atoms with Crippen molar-refractivity contribution in [2.45, 2.75) is 13.0 Å². The molecule has 3 N–H and O–H groups in total. The fraction of sp³-hybridized carbons (Fsp3) is 0.182. The molecule has 0 spiro atoms. The summed E-state index contributed by atoms with van der Waals surface area (Å²) in [6, 6.07) is 9.18. The third-order valence-corrected chi connectivity index (χ3v) is 4.56. The van der Waals surface area contributed by atoms with Crippen molar-refractivity contribution in [3.8, 4) is 11.5 Å². The Morgan fingerprint density at radius 3 is 2.61 bits per heavy atom. The molecule has 0 aliphatic carbocycles. The Balaban J connectivity index is 1.73. The Hall–Kier alpha value is -4.41. The Morgan fingerprint density at radius 2 is 1.94 bits per heavy atom. The van der Waals surface area contributed by atoms with Crippen molar-refractivity contribution in [3.05, 3.63) is 59.5 Å². The van der Waals surface area contributed by atoms with E-state index >= 15 is 0 Å². The number of anilines is 1. The number of methoxy groups -OCH3 is 1. The van der Waals surface area contributed by atoms with Gasteiger partial charge in [0.25, 0.3) is 5.91 Å². The second-order valence-electron chi connectivity index (χ2n) is 6.92. The number of carboxylic acid groups (broad SMARTS) is 1. The summed E-state index contributed by atoms with van der Waals surface area (Å²) in [6.07, 6.45) is 0.255. The number of urea groups is 1. The molecule has 0 saturated carbocycles. The van der Waals surface area contributed by atoms with Gasteiger partial charge in [-0.3, -0.25) is 9.59 Å². The minimum atomic E-state index is -1.15. The summed E-state index contributed by atoms with van der Waals surface area (Å²) >= 11 is 0. The van der Waals surface area contributed by atoms with Crippen LogP contribution < -0.4 is 20.1 Å². The van der Waals surface area contributed by atoms with Crippen LogP contribution in [-0.2, 0) is 14.4 Å². The molecule has 0 bridgehead atoms. The van der Waals surface area contributed by atoms with Crippen molar-refractivity contribution < 1.29 is 38.1 Å². The zero-order chi connectivity index (χ0) is 24.1. The lowest BCUT2D eigenvalue weighted by molar-refractivity contribution is -0.144. The molecule has 10 nitrogen and oxygen atoms in total. The fourth-order valence-corrected chi connectivity index (χ4v) is 2.89. The van der Waals surface area contributed by atoms with Gasteiger partial charge >= 0.3 is 12.0 Å². The first-order chi connectivity index (χ1) is 15.7. The second kappa shape index (κ2) is 9.81. The van der Waals surface area contributed by atoms with E-state index in [1.165, 1.54) is 56.5 Å². The van der Waals surface area contributed by atoms with E-state index in [0.29, 0.717) is 10.5 Å². The van der Waals surface area contributed by atoms with Crippen LogP contribution in [0.5, 0.6) is 11.5 Å². The van der Waals surface area contributed by atoms with E-state index < -0.39 is 42.3 Å². The van der Waals surface area contributed by atoms with Gasteiger partial charge in [0.2, 0.25) is 5.91 Å². The van der Waals surface area contributed by atoms with Crippen molar-refractivity contribution in [3.63, 3.8) is 0 Å². The van der Waals surface area contributed by atoms with Gasteiger partial charge in [-0.25, -0.2) is 18.9 Å². The minimum Gasteiger partial charge on any atom is -0.493 e. The van der Waals surface area contributed by atoms with E-state index in [1.807, 2.05) is 0 Å². The molecular weight excluding hydrogens is 437 g/mol. The first-order valence-electron chi connectivity index (χ1n) is 9.66. The number of carboxylic acids is 1. The number of nitrogens with zero attached hydrogens (tertiary/aromatic N) is 1. The lowest BCUT2D eigenvalue weighted by Crippen LogP contribution is -2.38. The molecule has 11 heteroatoms. The number of nitrogens with one attached hydrogen (secondary N) is 2. The SMILES string of the molecule is COc1cc(/C=C2\NC(=O)N(CC(=O)Nc3ccccc3F)C2=O)ccc1O[C@@H](C)C(=O)O. The standard InChI is InChI=1S/C22H20FN3O7/c1-12(21(29)30)33-17-8-7-13(10-18(17)32-2)9-16-20(28)26(22(31)25-16)11-19(27)24-15-6-4-3-5-14(15)23/h3-10,12H,11H2,1-2H3,(H,24,27)(H,25,31)(H,29,30)/b16-9-/t12-/m0/s1. The highest BCUT2D eigenvalue weighted by molar-refractivity contribution is 6.16. The number of carbonyl (C=O) groups is 4. The summed E-state index contributed by atoms with van der Waals surface area (Å²) in [4.78, 5) is 48.7. The number of benzene rings is 2. The van der Waals surface area contributed by atoms with Gasteiger partial charge in [0.1, 0.15) is 18.1 Å². The molecule has 1 aliphatic rings. The quantitative estimate of drug-likeness (QED) is 0.409. The first kappa shape index (κ1) is 23.3. The zero-order valence-electron chi connectivity index (χ0n) is 17.6. The summed E-state index contributed by atoms with van der Waals surface area (Å²) in [7, 11) is 1.36. The van der Waals surface area contributed by atoms with Gasteiger partial charge in [-0.2, -0.15) is 0 Å². The number of hydrogen-bond donors (Lipinski definition) is 3. The molecule has 1 saturated heterocycles. The van der Waals surface area contributed by atoms with Crippen LogP contribution >= 0.6 is 0 Å². The summed E-state index contributed by atoms with van der Waals surface area (Å²) < 4.78 is 24.2. The second-order valence-corrected chi connectivity index (χ2v) is 6.92. The fourth-order valence-electron chi connectivity index (χ4n) is 2.89. The van der Waals surface area contributed by atoms with Gasteiger partial charge in [0.15, 0.2) is 17.6 Å². The van der Waals surface area contributed by atoms with E-state index in [9.17, 15) is 23.6 Å². The number of ether oxygens (including phenoxy) is 2. The number of hydrogen-bond acceptors (Lipinski definition) is 6. The van der Waals surface area contributed by atoms with Crippen molar-refractivity contribution in [1.29, 1.82) is 0 Å². The van der Waals surface area contributed by atoms with Gasteiger partial charge in [0, 0.05) is 0 Å². The van der Waals surface area contributed by atoms with Crippen LogP contribution in [0.2, 0.25) is 0 Å². The van der Waals surface area contributed by atoms with Gasteiger partial charge in [-0.15, -0.1) is 0 Å². The maximum Gasteiger partial charge on any atom is 0.344 e. The summed E-state index contributed by atoms with van der Waals surface area (Å²) in [5.41, 5.74) is 0.286. The Bertz CT molecular complexity index is 1150. The maximum absolute atomic E-state index is 13.7. The van der Waals surface area contributed by atoms with Crippen molar-refractivity contribution in [2.75, 3.05) is 19.0 Å². The Morgan fingerprint density at radius 1 is 1.21 bits per heavy atom. The molecule has 3 rings (SSSR count). The van der Waals surface area contributed by atoms with Crippen molar-refractivity contribution >= 4 is 35.6 Å². The highest BCUT2D eigenvalue weighted by Gasteiger charge is 2.35. The van der Waals surface area contributed by atoms with Crippen molar-refractivity contribution in [2.24, 2.45) is 0 Å². The van der Waals surface area contributed by atoms with Gasteiger partial charge in [-0.05, 0) is 42.8 Å². The number of aliphatic carboxylic acids is 1. The predicted molar refractivity (Wildman–Crippen MR) is 114 cm³/mol.